The van der Waals surface area contributed by atoms with Crippen molar-refractivity contribution in [3.8, 4) is 0 Å². The lowest BCUT2D eigenvalue weighted by molar-refractivity contribution is -0.129. The maximum Gasteiger partial charge on any atom is 0.262 e. The molecule has 0 aromatic carbocycles. The standard InChI is InChI=1S/C15H15ClN4O4S/c16-14-11(20-7-2-1-3-12(20)17-14)4-5-13(21)18-19-15(22)10-6-8-25(23,24)9-10/h1-5,7,10H,6,8-9H2,(H,18,21)(H,19,22)/b5-4+/t10-/m0/s1. The number of imidazole rings is 1. The van der Waals surface area contributed by atoms with Crippen LogP contribution in [0.2, 0.25) is 5.15 Å². The SMILES string of the molecule is O=C(/C=C/c1c(Cl)nc2ccccn12)NNC(=O)[C@H]1CCS(=O)(=O)C1. The van der Waals surface area contributed by atoms with Gasteiger partial charge in [0, 0.05) is 12.3 Å². The fraction of sp³-hybridized carbons (Fsp3) is 0.267. The molecule has 0 spiro atoms. The molecule has 0 unspecified atom stereocenters. The van der Waals surface area contributed by atoms with Gasteiger partial charge in [-0.05, 0) is 24.6 Å². The largest absolute Gasteiger partial charge is 0.299 e. The van der Waals surface area contributed by atoms with Crippen molar-refractivity contribution in [1.29, 1.82) is 0 Å². The highest BCUT2D eigenvalue weighted by Crippen LogP contribution is 2.19. The van der Waals surface area contributed by atoms with Crippen LogP contribution in [0.5, 0.6) is 0 Å². The third kappa shape index (κ3) is 3.99. The van der Waals surface area contributed by atoms with Crippen molar-refractivity contribution in [2.24, 2.45) is 5.92 Å². The molecule has 1 aliphatic heterocycles. The van der Waals surface area contributed by atoms with Crippen molar-refractivity contribution in [2.75, 3.05) is 11.5 Å². The summed E-state index contributed by atoms with van der Waals surface area (Å²) in [5.41, 5.74) is 5.63. The third-order valence-electron chi connectivity index (χ3n) is 3.83. The summed E-state index contributed by atoms with van der Waals surface area (Å²) >= 11 is 6.05. The average Bonchev–Trinajstić information content (AvgIpc) is 3.09. The Labute approximate surface area is 148 Å². The number of aromatic nitrogens is 2. The highest BCUT2D eigenvalue weighted by molar-refractivity contribution is 7.91. The first-order valence-electron chi connectivity index (χ1n) is 7.47. The molecule has 8 nitrogen and oxygen atoms in total. The summed E-state index contributed by atoms with van der Waals surface area (Å²) in [6, 6.07) is 5.40. The molecule has 1 aliphatic rings. The predicted molar refractivity (Wildman–Crippen MR) is 92.3 cm³/mol. The van der Waals surface area contributed by atoms with E-state index in [1.807, 2.05) is 6.07 Å². The first kappa shape index (κ1) is 17.4. The second-order valence-corrected chi connectivity index (χ2v) is 8.22. The van der Waals surface area contributed by atoms with Crippen LogP contribution in [0.1, 0.15) is 12.1 Å². The molecular formula is C15H15ClN4O4S. The molecule has 2 N–H and O–H groups in total. The van der Waals surface area contributed by atoms with Crippen LogP contribution in [0.15, 0.2) is 30.5 Å². The average molecular weight is 383 g/mol. The number of halogens is 1. The van der Waals surface area contributed by atoms with Crippen LogP contribution >= 0.6 is 11.6 Å². The van der Waals surface area contributed by atoms with Gasteiger partial charge in [0.05, 0.1) is 23.1 Å². The van der Waals surface area contributed by atoms with Gasteiger partial charge >= 0.3 is 0 Å². The molecule has 2 aromatic rings. The molecule has 10 heteroatoms. The number of nitrogens with zero attached hydrogens (tertiary/aromatic N) is 2. The van der Waals surface area contributed by atoms with Gasteiger partial charge in [-0.1, -0.05) is 17.7 Å². The van der Waals surface area contributed by atoms with Crippen molar-refractivity contribution in [1.82, 2.24) is 20.2 Å². The van der Waals surface area contributed by atoms with Crippen LogP contribution < -0.4 is 10.9 Å². The van der Waals surface area contributed by atoms with E-state index in [1.165, 1.54) is 12.2 Å². The summed E-state index contributed by atoms with van der Waals surface area (Å²) in [5, 5.41) is 0.246. The summed E-state index contributed by atoms with van der Waals surface area (Å²) in [6.07, 6.45) is 4.70. The van der Waals surface area contributed by atoms with Gasteiger partial charge in [0.2, 0.25) is 5.91 Å². The van der Waals surface area contributed by atoms with E-state index in [0.29, 0.717) is 11.3 Å². The van der Waals surface area contributed by atoms with E-state index in [4.69, 9.17) is 11.6 Å². The third-order valence-corrected chi connectivity index (χ3v) is 5.87. The molecule has 2 aromatic heterocycles. The number of amides is 2. The van der Waals surface area contributed by atoms with Crippen molar-refractivity contribution in [2.45, 2.75) is 6.42 Å². The number of pyridine rings is 1. The number of sulfone groups is 1. The highest BCUT2D eigenvalue weighted by atomic mass is 35.5. The summed E-state index contributed by atoms with van der Waals surface area (Å²) in [5.74, 6) is -1.93. The number of hydrogen-bond acceptors (Lipinski definition) is 5. The van der Waals surface area contributed by atoms with Gasteiger partial charge in [-0.15, -0.1) is 0 Å². The molecule has 1 saturated heterocycles. The Balaban J connectivity index is 1.60. The molecule has 132 valence electrons. The normalized spacial score (nSPS) is 19.3. The molecule has 0 bridgehead atoms. The zero-order chi connectivity index (χ0) is 18.0. The van der Waals surface area contributed by atoms with Gasteiger partial charge < -0.3 is 0 Å². The van der Waals surface area contributed by atoms with Crippen molar-refractivity contribution in [3.05, 3.63) is 41.3 Å². The summed E-state index contributed by atoms with van der Waals surface area (Å²) in [4.78, 5) is 27.8. The fourth-order valence-electron chi connectivity index (χ4n) is 2.56. The summed E-state index contributed by atoms with van der Waals surface area (Å²) in [6.45, 7) is 0. The molecule has 1 fully saturated rings. The lowest BCUT2D eigenvalue weighted by Crippen LogP contribution is -2.44. The number of fused-ring (bicyclic) bond motifs is 1. The molecule has 2 amide bonds. The molecule has 3 rings (SSSR count). The summed E-state index contributed by atoms with van der Waals surface area (Å²) < 4.78 is 24.4. The first-order chi connectivity index (χ1) is 11.9. The van der Waals surface area contributed by atoms with E-state index in [0.717, 1.165) is 0 Å². The maximum absolute atomic E-state index is 11.8. The second-order valence-electron chi connectivity index (χ2n) is 5.63. The minimum atomic E-state index is -3.16. The van der Waals surface area contributed by atoms with Crippen LogP contribution in [0.4, 0.5) is 0 Å². The van der Waals surface area contributed by atoms with Gasteiger partial charge in [-0.25, -0.2) is 13.4 Å². The molecule has 0 radical (unpaired) electrons. The Bertz CT molecular complexity index is 967. The quantitative estimate of drug-likeness (QED) is 0.596. The van der Waals surface area contributed by atoms with Gasteiger partial charge in [-0.3, -0.25) is 24.8 Å². The van der Waals surface area contributed by atoms with E-state index in [-0.39, 0.29) is 23.1 Å². The van der Waals surface area contributed by atoms with Crippen molar-refractivity contribution in [3.63, 3.8) is 0 Å². The fourth-order valence-corrected chi connectivity index (χ4v) is 4.54. The molecule has 1 atom stereocenters. The van der Waals surface area contributed by atoms with E-state index < -0.39 is 27.6 Å². The van der Waals surface area contributed by atoms with E-state index >= 15 is 0 Å². The minimum Gasteiger partial charge on any atom is -0.299 e. The Morgan fingerprint density at radius 1 is 1.32 bits per heavy atom. The smallest absolute Gasteiger partial charge is 0.262 e. The van der Waals surface area contributed by atoms with Crippen LogP contribution in [0.3, 0.4) is 0 Å². The molecule has 3 heterocycles. The van der Waals surface area contributed by atoms with Gasteiger partial charge in [0.1, 0.15) is 5.65 Å². The summed E-state index contributed by atoms with van der Waals surface area (Å²) in [7, 11) is -3.16. The van der Waals surface area contributed by atoms with Crippen molar-refractivity contribution >= 4 is 45.0 Å². The van der Waals surface area contributed by atoms with E-state index in [1.54, 1.807) is 22.7 Å². The topological polar surface area (TPSA) is 110 Å². The highest BCUT2D eigenvalue weighted by Gasteiger charge is 2.32. The molecular weight excluding hydrogens is 368 g/mol. The number of hydrazine groups is 1. The molecule has 25 heavy (non-hydrogen) atoms. The molecule has 0 saturated carbocycles. The molecule has 0 aliphatic carbocycles. The zero-order valence-electron chi connectivity index (χ0n) is 13.0. The Morgan fingerprint density at radius 3 is 2.84 bits per heavy atom. The maximum atomic E-state index is 11.8. The number of carbonyl (C=O) groups is 2. The number of nitrogens with one attached hydrogen (secondary N) is 2. The number of rotatable bonds is 3. The Morgan fingerprint density at radius 2 is 2.12 bits per heavy atom. The zero-order valence-corrected chi connectivity index (χ0v) is 14.5. The predicted octanol–water partition coefficient (Wildman–Crippen LogP) is 0.583. The van der Waals surface area contributed by atoms with Crippen LogP contribution in [0.25, 0.3) is 11.7 Å². The number of carbonyl (C=O) groups excluding carboxylic acids is 2. The lowest BCUT2D eigenvalue weighted by Gasteiger charge is -2.09. The number of hydrogen-bond donors (Lipinski definition) is 2. The monoisotopic (exact) mass is 382 g/mol. The lowest BCUT2D eigenvalue weighted by atomic mass is 10.1. The van der Waals surface area contributed by atoms with Gasteiger partial charge in [-0.2, -0.15) is 0 Å². The Hall–Kier alpha value is -2.39. The van der Waals surface area contributed by atoms with Gasteiger partial charge in [0.15, 0.2) is 15.0 Å². The van der Waals surface area contributed by atoms with Gasteiger partial charge in [0.25, 0.3) is 5.91 Å². The minimum absolute atomic E-state index is 0.00821. The van der Waals surface area contributed by atoms with Crippen LogP contribution in [-0.2, 0) is 19.4 Å². The first-order valence-corrected chi connectivity index (χ1v) is 9.66. The van der Waals surface area contributed by atoms with E-state index in [9.17, 15) is 18.0 Å². The van der Waals surface area contributed by atoms with Crippen LogP contribution in [0, 0.1) is 5.92 Å². The van der Waals surface area contributed by atoms with Crippen LogP contribution in [-0.4, -0.2) is 41.1 Å². The van der Waals surface area contributed by atoms with Crippen molar-refractivity contribution < 1.29 is 18.0 Å². The second kappa shape index (κ2) is 6.85. The van der Waals surface area contributed by atoms with E-state index in [2.05, 4.69) is 15.8 Å². The Kier molecular flexibility index (Phi) is 4.78.